The molecule has 1 fully saturated rings. The van der Waals surface area contributed by atoms with Crippen molar-refractivity contribution in [3.05, 3.63) is 22.6 Å². The summed E-state index contributed by atoms with van der Waals surface area (Å²) < 4.78 is 40.9. The third-order valence-corrected chi connectivity index (χ3v) is 7.04. The first-order chi connectivity index (χ1) is 15.3. The highest BCUT2D eigenvalue weighted by molar-refractivity contribution is 7.18. The maximum Gasteiger partial charge on any atom is 0.451 e. The summed E-state index contributed by atoms with van der Waals surface area (Å²) in [5.74, 6) is 0.728. The first kappa shape index (κ1) is 21.4. The average Bonchev–Trinajstić information content (AvgIpc) is 3.36. The van der Waals surface area contributed by atoms with Crippen molar-refractivity contribution in [2.24, 2.45) is 5.73 Å². The van der Waals surface area contributed by atoms with E-state index < -0.39 is 12.0 Å². The Balaban J connectivity index is 1.54. The molecule has 2 aliphatic rings. The van der Waals surface area contributed by atoms with Gasteiger partial charge in [0.25, 0.3) is 0 Å². The molecule has 0 aromatic carbocycles. The number of anilines is 2. The molecule has 0 saturated carbocycles. The van der Waals surface area contributed by atoms with E-state index in [4.69, 9.17) is 15.7 Å². The van der Waals surface area contributed by atoms with E-state index in [0.717, 1.165) is 52.8 Å². The molecule has 0 bridgehead atoms. The van der Waals surface area contributed by atoms with Gasteiger partial charge in [0.1, 0.15) is 10.6 Å². The molecule has 3 aromatic heterocycles. The van der Waals surface area contributed by atoms with Gasteiger partial charge in [-0.05, 0) is 25.3 Å². The van der Waals surface area contributed by atoms with Crippen LogP contribution in [0.2, 0.25) is 0 Å². The van der Waals surface area contributed by atoms with Crippen LogP contribution in [0.15, 0.2) is 6.07 Å². The SMILES string of the molecule is CCCc1cc2c(N3CCn4c(nnc4C(F)(F)F)C3)nc(N3CCC[C@@H](N)C3)nc2s1. The Morgan fingerprint density at radius 1 is 1.16 bits per heavy atom. The van der Waals surface area contributed by atoms with Gasteiger partial charge in [-0.25, -0.2) is 4.98 Å². The Hall–Kier alpha value is -2.47. The second-order valence-electron chi connectivity index (χ2n) is 8.39. The van der Waals surface area contributed by atoms with E-state index in [1.807, 2.05) is 4.90 Å². The Labute approximate surface area is 187 Å². The zero-order valence-corrected chi connectivity index (χ0v) is 18.6. The second-order valence-corrected chi connectivity index (χ2v) is 9.50. The van der Waals surface area contributed by atoms with Crippen LogP contribution in [-0.2, 0) is 25.7 Å². The Kier molecular flexibility index (Phi) is 5.44. The van der Waals surface area contributed by atoms with Crippen LogP contribution in [-0.4, -0.2) is 50.4 Å². The first-order valence-electron chi connectivity index (χ1n) is 10.9. The molecule has 32 heavy (non-hydrogen) atoms. The molecule has 2 aliphatic heterocycles. The van der Waals surface area contributed by atoms with Crippen LogP contribution in [0.1, 0.15) is 42.7 Å². The fraction of sp³-hybridized carbons (Fsp3) is 0.600. The molecule has 1 atom stereocenters. The van der Waals surface area contributed by atoms with Gasteiger partial charge in [0.05, 0.1) is 11.9 Å². The third kappa shape index (κ3) is 3.90. The topological polar surface area (TPSA) is 89.0 Å². The largest absolute Gasteiger partial charge is 0.451 e. The molecule has 0 aliphatic carbocycles. The number of thiophene rings is 1. The van der Waals surface area contributed by atoms with Crippen molar-refractivity contribution in [3.63, 3.8) is 0 Å². The van der Waals surface area contributed by atoms with Crippen LogP contribution in [0.5, 0.6) is 0 Å². The molecule has 172 valence electrons. The maximum atomic E-state index is 13.2. The van der Waals surface area contributed by atoms with Crippen LogP contribution < -0.4 is 15.5 Å². The normalized spacial score (nSPS) is 19.6. The number of piperidine rings is 1. The van der Waals surface area contributed by atoms with Gasteiger partial charge in [-0.3, -0.25) is 0 Å². The summed E-state index contributed by atoms with van der Waals surface area (Å²) in [6.07, 6.45) is -0.576. The zero-order chi connectivity index (χ0) is 22.5. The Morgan fingerprint density at radius 3 is 2.75 bits per heavy atom. The van der Waals surface area contributed by atoms with Crippen LogP contribution in [0, 0.1) is 0 Å². The molecule has 0 spiro atoms. The van der Waals surface area contributed by atoms with Gasteiger partial charge in [0.15, 0.2) is 5.82 Å². The number of fused-ring (bicyclic) bond motifs is 2. The van der Waals surface area contributed by atoms with E-state index in [1.165, 1.54) is 4.88 Å². The van der Waals surface area contributed by atoms with E-state index in [2.05, 4.69) is 28.1 Å². The molecule has 0 amide bonds. The molecule has 5 rings (SSSR count). The molecule has 0 unspecified atom stereocenters. The van der Waals surface area contributed by atoms with Crippen molar-refractivity contribution in [3.8, 4) is 0 Å². The van der Waals surface area contributed by atoms with Gasteiger partial charge >= 0.3 is 6.18 Å². The summed E-state index contributed by atoms with van der Waals surface area (Å²) in [7, 11) is 0. The number of rotatable bonds is 4. The highest BCUT2D eigenvalue weighted by atomic mass is 32.1. The van der Waals surface area contributed by atoms with Crippen molar-refractivity contribution >= 4 is 33.3 Å². The summed E-state index contributed by atoms with van der Waals surface area (Å²) in [5, 5.41) is 8.15. The Bertz CT molecular complexity index is 1120. The molecular weight excluding hydrogens is 441 g/mol. The number of hydrogen-bond donors (Lipinski definition) is 1. The predicted octanol–water partition coefficient (Wildman–Crippen LogP) is 3.20. The fourth-order valence-corrected chi connectivity index (χ4v) is 5.56. The van der Waals surface area contributed by atoms with Crippen molar-refractivity contribution in [2.75, 3.05) is 29.4 Å². The number of hydrogen-bond acceptors (Lipinski definition) is 8. The summed E-state index contributed by atoms with van der Waals surface area (Å²) in [6, 6.07) is 2.20. The van der Waals surface area contributed by atoms with Crippen LogP contribution in [0.4, 0.5) is 24.9 Å². The Morgan fingerprint density at radius 2 is 2.00 bits per heavy atom. The van der Waals surface area contributed by atoms with Gasteiger partial charge in [-0.15, -0.1) is 21.5 Å². The lowest BCUT2D eigenvalue weighted by Crippen LogP contribution is -2.43. The lowest BCUT2D eigenvalue weighted by molar-refractivity contribution is -0.147. The summed E-state index contributed by atoms with van der Waals surface area (Å²) in [5.41, 5.74) is 6.18. The van der Waals surface area contributed by atoms with Crippen LogP contribution >= 0.6 is 11.3 Å². The molecular formula is C20H25F3N8S. The van der Waals surface area contributed by atoms with E-state index in [9.17, 15) is 13.2 Å². The number of nitrogens with zero attached hydrogens (tertiary/aromatic N) is 7. The predicted molar refractivity (Wildman–Crippen MR) is 117 cm³/mol. The monoisotopic (exact) mass is 466 g/mol. The first-order valence-corrected chi connectivity index (χ1v) is 11.7. The van der Waals surface area contributed by atoms with Gasteiger partial charge in [-0.1, -0.05) is 13.3 Å². The summed E-state index contributed by atoms with van der Waals surface area (Å²) in [6.45, 7) is 4.42. The minimum atomic E-state index is -4.52. The van der Waals surface area contributed by atoms with E-state index in [0.29, 0.717) is 24.9 Å². The van der Waals surface area contributed by atoms with Crippen LogP contribution in [0.3, 0.4) is 0 Å². The number of aromatic nitrogens is 5. The minimum absolute atomic E-state index is 0.0832. The smallest absolute Gasteiger partial charge is 0.347 e. The van der Waals surface area contributed by atoms with E-state index in [1.54, 1.807) is 11.3 Å². The summed E-state index contributed by atoms with van der Waals surface area (Å²) in [4.78, 5) is 16.0. The molecule has 12 heteroatoms. The lowest BCUT2D eigenvalue weighted by atomic mass is 10.1. The maximum absolute atomic E-state index is 13.2. The number of halogens is 3. The van der Waals surface area contributed by atoms with Crippen molar-refractivity contribution < 1.29 is 13.2 Å². The standard InChI is InChI=1S/C20H25F3N8S/c1-2-4-13-9-14-16(25-19(26-17(14)32-13)30-6-3-5-12(24)10-30)29-7-8-31-15(11-29)27-28-18(31)20(21,22)23/h9,12H,2-8,10-11,24H2,1H3/t12-/m1/s1. The molecule has 1 saturated heterocycles. The molecule has 0 radical (unpaired) electrons. The second kappa shape index (κ2) is 8.14. The molecule has 2 N–H and O–H groups in total. The number of nitrogens with two attached hydrogens (primary N) is 1. The van der Waals surface area contributed by atoms with Gasteiger partial charge in [0, 0.05) is 37.1 Å². The molecule has 5 heterocycles. The molecule has 3 aromatic rings. The van der Waals surface area contributed by atoms with Gasteiger partial charge in [-0.2, -0.15) is 18.2 Å². The molecule has 8 nitrogen and oxygen atoms in total. The zero-order valence-electron chi connectivity index (χ0n) is 17.8. The summed E-state index contributed by atoms with van der Waals surface area (Å²) >= 11 is 1.65. The van der Waals surface area contributed by atoms with Gasteiger partial charge < -0.3 is 20.1 Å². The lowest BCUT2D eigenvalue weighted by Gasteiger charge is -2.33. The fourth-order valence-electron chi connectivity index (χ4n) is 4.44. The highest BCUT2D eigenvalue weighted by Gasteiger charge is 2.39. The number of alkyl halides is 3. The quantitative estimate of drug-likeness (QED) is 0.632. The third-order valence-electron chi connectivity index (χ3n) is 5.96. The van der Waals surface area contributed by atoms with Crippen molar-refractivity contribution in [1.29, 1.82) is 0 Å². The minimum Gasteiger partial charge on any atom is -0.347 e. The van der Waals surface area contributed by atoms with Gasteiger partial charge in [0.2, 0.25) is 11.8 Å². The van der Waals surface area contributed by atoms with Crippen LogP contribution in [0.25, 0.3) is 10.2 Å². The van der Waals surface area contributed by atoms with E-state index in [-0.39, 0.29) is 19.1 Å². The highest BCUT2D eigenvalue weighted by Crippen LogP contribution is 2.36. The van der Waals surface area contributed by atoms with E-state index >= 15 is 0 Å². The van der Waals surface area contributed by atoms with Crippen molar-refractivity contribution in [1.82, 2.24) is 24.7 Å². The van der Waals surface area contributed by atoms with Crippen molar-refractivity contribution in [2.45, 2.75) is 57.9 Å². The number of aryl methyl sites for hydroxylation is 1. The average molecular weight is 467 g/mol.